The van der Waals surface area contributed by atoms with Gasteiger partial charge in [0.05, 0.1) is 5.41 Å². The smallest absolute Gasteiger partial charge is 0.313 e. The number of allylic oxidation sites excluding steroid dienone is 1. The van der Waals surface area contributed by atoms with E-state index < -0.39 is 0 Å². The van der Waals surface area contributed by atoms with Gasteiger partial charge in [-0.15, -0.1) is 11.8 Å². The largest absolute Gasteiger partial charge is 0.454 e. The lowest BCUT2D eigenvalue weighted by Crippen LogP contribution is -2.64. The molecule has 5 rings (SSSR count). The molecule has 0 N–H and O–H groups in total. The summed E-state index contributed by atoms with van der Waals surface area (Å²) in [4.78, 5) is 26.9. The molecule has 0 aliphatic heterocycles. The lowest BCUT2D eigenvalue weighted by atomic mass is 9.34. The van der Waals surface area contributed by atoms with Crippen LogP contribution in [0.4, 0.5) is 0 Å². The first-order valence-electron chi connectivity index (χ1n) is 14.1. The van der Waals surface area contributed by atoms with Crippen LogP contribution in [0.5, 0.6) is 0 Å². The molecule has 0 aromatic carbocycles. The maximum absolute atomic E-state index is 13.7. The summed E-state index contributed by atoms with van der Waals surface area (Å²) in [5.74, 6) is 3.37. The molecule has 9 atom stereocenters. The number of ether oxygens (including phenoxy) is 1. The van der Waals surface area contributed by atoms with Gasteiger partial charge in [0.15, 0.2) is 0 Å². The maximum Gasteiger partial charge on any atom is 0.313 e. The van der Waals surface area contributed by atoms with Crippen LogP contribution in [0.1, 0.15) is 99.3 Å². The first-order valence-corrected chi connectivity index (χ1v) is 15.5. The zero-order valence-corrected chi connectivity index (χ0v) is 24.1. The van der Waals surface area contributed by atoms with E-state index >= 15 is 0 Å². The molecule has 0 aromatic heterocycles. The number of carbonyl (C=O) groups excluding carboxylic acids is 2. The number of esters is 1. The van der Waals surface area contributed by atoms with Crippen LogP contribution in [0.15, 0.2) is 12.2 Å². The number of ketones is 1. The van der Waals surface area contributed by atoms with Crippen molar-refractivity contribution in [1.82, 2.24) is 0 Å². The van der Waals surface area contributed by atoms with Gasteiger partial charge in [-0.3, -0.25) is 9.59 Å². The van der Waals surface area contributed by atoms with Gasteiger partial charge in [0.1, 0.15) is 11.7 Å². The second-order valence-corrected chi connectivity index (χ2v) is 15.3. The predicted molar refractivity (Wildman–Crippen MR) is 144 cm³/mol. The third kappa shape index (κ3) is 3.16. The molecule has 5 saturated carbocycles. The van der Waals surface area contributed by atoms with Crippen LogP contribution in [0.25, 0.3) is 0 Å². The van der Waals surface area contributed by atoms with Crippen molar-refractivity contribution in [3.8, 4) is 0 Å². The predicted octanol–water partition coefficient (Wildman–Crippen LogP) is 7.69. The Morgan fingerprint density at radius 2 is 1.69 bits per heavy atom. The Morgan fingerprint density at radius 3 is 2.34 bits per heavy atom. The van der Waals surface area contributed by atoms with Crippen molar-refractivity contribution in [2.24, 2.45) is 56.7 Å². The molecule has 0 saturated heterocycles. The van der Waals surface area contributed by atoms with Crippen molar-refractivity contribution in [3.63, 3.8) is 0 Å². The van der Waals surface area contributed by atoms with E-state index in [0.29, 0.717) is 41.3 Å². The molecule has 0 bridgehead atoms. The minimum absolute atomic E-state index is 0.0636. The van der Waals surface area contributed by atoms with Crippen LogP contribution < -0.4 is 0 Å². The second kappa shape index (κ2) is 8.11. The zero-order valence-electron chi connectivity index (χ0n) is 23.3. The topological polar surface area (TPSA) is 43.4 Å². The Morgan fingerprint density at radius 1 is 0.971 bits per heavy atom. The summed E-state index contributed by atoms with van der Waals surface area (Å²) < 4.78 is 5.87. The second-order valence-electron chi connectivity index (χ2n) is 14.5. The van der Waals surface area contributed by atoms with Gasteiger partial charge in [-0.1, -0.05) is 46.8 Å². The zero-order chi connectivity index (χ0) is 25.6. The van der Waals surface area contributed by atoms with Gasteiger partial charge in [0, 0.05) is 11.8 Å². The summed E-state index contributed by atoms with van der Waals surface area (Å²) in [7, 11) is 0. The normalized spacial score (nSPS) is 50.0. The highest BCUT2D eigenvalue weighted by Crippen LogP contribution is 2.77. The molecule has 0 aromatic rings. The molecular weight excluding hydrogens is 452 g/mol. The molecular formula is C31H48O3S. The standard InChI is InChI=1S/C31H48O3S/c1-19(2)20-11-14-31(26(33)34-18-35-8)16-15-29(6)21(25(20)31)9-10-23-28(5)17-24(32)27(3,4)22(28)12-13-30(23,29)7/h20-23,25H,1,9-18H2,2-8H3/t20-,21+,22-,23+,25+,28-,29+,30+,31-/m0/s1. The van der Waals surface area contributed by atoms with E-state index in [1.807, 2.05) is 6.26 Å². The Kier molecular flexibility index (Phi) is 5.99. The quantitative estimate of drug-likeness (QED) is 0.225. The first kappa shape index (κ1) is 25.9. The van der Waals surface area contributed by atoms with Crippen molar-refractivity contribution in [1.29, 1.82) is 0 Å². The number of fused-ring (bicyclic) bond motifs is 7. The summed E-state index contributed by atoms with van der Waals surface area (Å²) in [6.45, 7) is 18.7. The van der Waals surface area contributed by atoms with Crippen LogP contribution in [0.3, 0.4) is 0 Å². The Bertz CT molecular complexity index is 940. The molecule has 0 amide bonds. The van der Waals surface area contributed by atoms with Crippen LogP contribution >= 0.6 is 11.8 Å². The summed E-state index contributed by atoms with van der Waals surface area (Å²) in [5, 5.41) is 0. The minimum atomic E-state index is -0.334. The van der Waals surface area contributed by atoms with Gasteiger partial charge in [-0.05, 0) is 110 Å². The molecule has 5 aliphatic carbocycles. The van der Waals surface area contributed by atoms with E-state index in [0.717, 1.165) is 32.1 Å². The van der Waals surface area contributed by atoms with Gasteiger partial charge in [0.2, 0.25) is 0 Å². The molecule has 0 spiro atoms. The third-order valence-corrected chi connectivity index (χ3v) is 13.5. The number of Topliss-reactive ketones (excluding diaryl/α,β-unsaturated/α-hetero) is 1. The molecule has 4 heteroatoms. The number of rotatable bonds is 4. The minimum Gasteiger partial charge on any atom is -0.454 e. The van der Waals surface area contributed by atoms with E-state index in [1.165, 1.54) is 31.3 Å². The van der Waals surface area contributed by atoms with E-state index in [2.05, 4.69) is 48.1 Å². The van der Waals surface area contributed by atoms with Crippen molar-refractivity contribution < 1.29 is 14.3 Å². The Balaban J connectivity index is 1.55. The summed E-state index contributed by atoms with van der Waals surface area (Å²) >= 11 is 1.59. The van der Waals surface area contributed by atoms with E-state index in [1.54, 1.807) is 11.8 Å². The van der Waals surface area contributed by atoms with Crippen molar-refractivity contribution in [2.45, 2.75) is 99.3 Å². The molecule has 3 nitrogen and oxygen atoms in total. The fraction of sp³-hybridized carbons (Fsp3) is 0.871. The third-order valence-electron chi connectivity index (χ3n) is 13.2. The summed E-state index contributed by atoms with van der Waals surface area (Å²) in [6, 6.07) is 0. The van der Waals surface area contributed by atoms with E-state index in [9.17, 15) is 9.59 Å². The lowest BCUT2D eigenvalue weighted by molar-refractivity contribution is -0.222. The molecule has 0 heterocycles. The number of hydrogen-bond donors (Lipinski definition) is 0. The van der Waals surface area contributed by atoms with Crippen LogP contribution in [0.2, 0.25) is 0 Å². The van der Waals surface area contributed by atoms with Crippen molar-refractivity contribution in [3.05, 3.63) is 12.2 Å². The molecule has 5 fully saturated rings. The van der Waals surface area contributed by atoms with Crippen LogP contribution in [-0.4, -0.2) is 23.9 Å². The number of carbonyl (C=O) groups is 2. The summed E-state index contributed by atoms with van der Waals surface area (Å²) in [6.07, 6.45) is 11.6. The fourth-order valence-corrected chi connectivity index (χ4v) is 11.5. The van der Waals surface area contributed by atoms with E-state index in [4.69, 9.17) is 4.74 Å². The van der Waals surface area contributed by atoms with Crippen molar-refractivity contribution in [2.75, 3.05) is 12.2 Å². The SMILES string of the molecule is C=C(C)[C@@H]1CC[C@]2(C(=O)OCSC)CC[C@]3(C)[C@H](CC[C@@H]4[C@@]5(C)CC(=O)C(C)(C)[C@@H]5CC[C@]43C)[C@@H]12. The molecule has 0 radical (unpaired) electrons. The fourth-order valence-electron chi connectivity index (χ4n) is 11.3. The maximum atomic E-state index is 13.7. The van der Waals surface area contributed by atoms with Crippen LogP contribution in [0, 0.1) is 56.7 Å². The average Bonchev–Trinajstić information content (AvgIpc) is 3.26. The Labute approximate surface area is 218 Å². The van der Waals surface area contributed by atoms with E-state index in [-0.39, 0.29) is 33.0 Å². The van der Waals surface area contributed by atoms with Crippen molar-refractivity contribution >= 4 is 23.5 Å². The number of thioether (sulfide) groups is 1. The molecule has 5 aliphatic rings. The first-order chi connectivity index (χ1) is 16.3. The molecule has 0 unspecified atom stereocenters. The molecule has 196 valence electrons. The highest BCUT2D eigenvalue weighted by atomic mass is 32.2. The highest BCUT2D eigenvalue weighted by Gasteiger charge is 2.73. The van der Waals surface area contributed by atoms with Gasteiger partial charge < -0.3 is 4.74 Å². The molecule has 35 heavy (non-hydrogen) atoms. The van der Waals surface area contributed by atoms with Gasteiger partial charge >= 0.3 is 5.97 Å². The Hall–Kier alpha value is -0.770. The van der Waals surface area contributed by atoms with Gasteiger partial charge in [-0.2, -0.15) is 0 Å². The van der Waals surface area contributed by atoms with Gasteiger partial charge in [-0.25, -0.2) is 0 Å². The average molecular weight is 501 g/mol. The highest BCUT2D eigenvalue weighted by molar-refractivity contribution is 7.98. The summed E-state index contributed by atoms with van der Waals surface area (Å²) in [5.41, 5.74) is 1.23. The van der Waals surface area contributed by atoms with Crippen LogP contribution in [-0.2, 0) is 14.3 Å². The van der Waals surface area contributed by atoms with Gasteiger partial charge in [0.25, 0.3) is 0 Å². The monoisotopic (exact) mass is 500 g/mol. The number of hydrogen-bond acceptors (Lipinski definition) is 4. The lowest BCUT2D eigenvalue weighted by Gasteiger charge is -2.70.